The number of halogens is 3. The lowest BCUT2D eigenvalue weighted by Crippen LogP contribution is -2.36. The number of aliphatic hydroxyl groups excluding tert-OH is 1. The molecule has 0 aromatic heterocycles. The van der Waals surface area contributed by atoms with E-state index in [4.69, 9.17) is 16.7 Å². The van der Waals surface area contributed by atoms with Crippen LogP contribution in [0.2, 0.25) is 5.02 Å². The van der Waals surface area contributed by atoms with Gasteiger partial charge in [0.1, 0.15) is 0 Å². The Kier molecular flexibility index (Phi) is 6.18. The molecule has 0 unspecified atom stereocenters. The molecule has 0 spiro atoms. The predicted octanol–water partition coefficient (Wildman–Crippen LogP) is 2.08. The molecule has 0 aliphatic rings. The van der Waals surface area contributed by atoms with E-state index >= 15 is 0 Å². The molecule has 0 bridgehead atoms. The van der Waals surface area contributed by atoms with Gasteiger partial charge in [-0.2, -0.15) is 0 Å². The summed E-state index contributed by atoms with van der Waals surface area (Å²) in [5, 5.41) is 9.26. The summed E-state index contributed by atoms with van der Waals surface area (Å²) in [6, 6.07) is 6.23. The van der Waals surface area contributed by atoms with Crippen molar-refractivity contribution in [2.75, 3.05) is 26.2 Å². The molecule has 0 fully saturated rings. The van der Waals surface area contributed by atoms with Crippen molar-refractivity contribution in [3.63, 3.8) is 0 Å². The average molecular weight is 278 g/mol. The van der Waals surface area contributed by atoms with Crippen molar-refractivity contribution in [1.29, 1.82) is 0 Å². The summed E-state index contributed by atoms with van der Waals surface area (Å²) >= 11 is 5.69. The Bertz CT molecular complexity index is 384. The summed E-state index contributed by atoms with van der Waals surface area (Å²) in [5.74, 6) is -0.277. The molecular formula is C12H14ClF2NO2. The number of carbonyl (C=O) groups is 1. The predicted molar refractivity (Wildman–Crippen MR) is 65.3 cm³/mol. The zero-order valence-electron chi connectivity index (χ0n) is 9.65. The minimum Gasteiger partial charge on any atom is -0.395 e. The minimum atomic E-state index is -2.53. The second-order valence-corrected chi connectivity index (χ2v) is 4.22. The SMILES string of the molecule is O=C(CN(CCO)CC(F)F)c1ccc(Cl)cc1. The van der Waals surface area contributed by atoms with Gasteiger partial charge in [-0.3, -0.25) is 9.69 Å². The van der Waals surface area contributed by atoms with E-state index in [2.05, 4.69) is 0 Å². The van der Waals surface area contributed by atoms with Crippen LogP contribution in [0.5, 0.6) is 0 Å². The van der Waals surface area contributed by atoms with E-state index in [1.807, 2.05) is 0 Å². The van der Waals surface area contributed by atoms with Gasteiger partial charge in [0.2, 0.25) is 0 Å². The fourth-order valence-electron chi connectivity index (χ4n) is 1.50. The quantitative estimate of drug-likeness (QED) is 0.776. The summed E-state index contributed by atoms with van der Waals surface area (Å²) in [5.41, 5.74) is 0.414. The third kappa shape index (κ3) is 5.08. The first-order chi connectivity index (χ1) is 8.52. The van der Waals surface area contributed by atoms with Crippen molar-refractivity contribution < 1.29 is 18.7 Å². The number of rotatable bonds is 7. The smallest absolute Gasteiger partial charge is 0.251 e. The third-order valence-electron chi connectivity index (χ3n) is 2.35. The highest BCUT2D eigenvalue weighted by Crippen LogP contribution is 2.10. The molecule has 18 heavy (non-hydrogen) atoms. The second-order valence-electron chi connectivity index (χ2n) is 3.78. The molecular weight excluding hydrogens is 264 g/mol. The van der Waals surface area contributed by atoms with Crippen molar-refractivity contribution in [2.45, 2.75) is 6.43 Å². The highest BCUT2D eigenvalue weighted by atomic mass is 35.5. The highest BCUT2D eigenvalue weighted by molar-refractivity contribution is 6.30. The molecule has 100 valence electrons. The van der Waals surface area contributed by atoms with Gasteiger partial charge in [-0.1, -0.05) is 11.6 Å². The molecule has 0 heterocycles. The molecule has 3 nitrogen and oxygen atoms in total. The number of hydrogen-bond donors (Lipinski definition) is 1. The van der Waals surface area contributed by atoms with Crippen molar-refractivity contribution in [1.82, 2.24) is 4.90 Å². The maximum absolute atomic E-state index is 12.3. The molecule has 6 heteroatoms. The van der Waals surface area contributed by atoms with Crippen LogP contribution in [0, 0.1) is 0 Å². The van der Waals surface area contributed by atoms with Crippen LogP contribution in [0.25, 0.3) is 0 Å². The molecule has 1 aromatic rings. The van der Waals surface area contributed by atoms with Crippen LogP contribution in [-0.4, -0.2) is 48.5 Å². The summed E-state index contributed by atoms with van der Waals surface area (Å²) in [6.07, 6.45) is -2.53. The van der Waals surface area contributed by atoms with E-state index in [-0.39, 0.29) is 25.5 Å². The minimum absolute atomic E-state index is 0.0453. The Morgan fingerprint density at radius 1 is 1.33 bits per heavy atom. The number of alkyl halides is 2. The van der Waals surface area contributed by atoms with E-state index < -0.39 is 13.0 Å². The molecule has 1 aromatic carbocycles. The van der Waals surface area contributed by atoms with Crippen molar-refractivity contribution in [3.05, 3.63) is 34.9 Å². The molecule has 0 aliphatic heterocycles. The number of hydrogen-bond acceptors (Lipinski definition) is 3. The van der Waals surface area contributed by atoms with Crippen molar-refractivity contribution in [2.24, 2.45) is 0 Å². The number of carbonyl (C=O) groups excluding carboxylic acids is 1. The van der Waals surface area contributed by atoms with E-state index in [0.29, 0.717) is 10.6 Å². The molecule has 0 saturated carbocycles. The fraction of sp³-hybridized carbons (Fsp3) is 0.417. The van der Waals surface area contributed by atoms with Crippen molar-refractivity contribution in [3.8, 4) is 0 Å². The molecule has 1 N–H and O–H groups in total. The van der Waals surface area contributed by atoms with Gasteiger partial charge in [0.25, 0.3) is 6.43 Å². The largest absolute Gasteiger partial charge is 0.395 e. The maximum atomic E-state index is 12.3. The van der Waals surface area contributed by atoms with E-state index in [1.54, 1.807) is 24.3 Å². The van der Waals surface area contributed by atoms with Gasteiger partial charge in [-0.25, -0.2) is 8.78 Å². The van der Waals surface area contributed by atoms with Gasteiger partial charge in [-0.05, 0) is 24.3 Å². The van der Waals surface area contributed by atoms with Crippen LogP contribution in [0.3, 0.4) is 0 Å². The second kappa shape index (κ2) is 7.41. The average Bonchev–Trinajstić information content (AvgIpc) is 2.29. The van der Waals surface area contributed by atoms with Crippen LogP contribution in [0.4, 0.5) is 8.78 Å². The summed E-state index contributed by atoms with van der Waals surface area (Å²) < 4.78 is 24.5. The lowest BCUT2D eigenvalue weighted by atomic mass is 10.1. The number of ketones is 1. The molecule has 1 rings (SSSR count). The number of Topliss-reactive ketones (excluding diaryl/α,β-unsaturated/α-hetero) is 1. The lowest BCUT2D eigenvalue weighted by molar-refractivity contribution is 0.0689. The van der Waals surface area contributed by atoms with Crippen LogP contribution in [0.15, 0.2) is 24.3 Å². The number of benzene rings is 1. The van der Waals surface area contributed by atoms with Gasteiger partial charge in [0.05, 0.1) is 19.7 Å². The molecule has 0 atom stereocenters. The zero-order valence-corrected chi connectivity index (χ0v) is 10.4. The Labute approximate surface area is 109 Å². The van der Waals surface area contributed by atoms with Gasteiger partial charge >= 0.3 is 0 Å². The van der Waals surface area contributed by atoms with Gasteiger partial charge < -0.3 is 5.11 Å². The first-order valence-electron chi connectivity index (χ1n) is 5.43. The normalized spacial score (nSPS) is 11.2. The van der Waals surface area contributed by atoms with E-state index in [1.165, 1.54) is 4.90 Å². The van der Waals surface area contributed by atoms with Crippen LogP contribution >= 0.6 is 11.6 Å². The fourth-order valence-corrected chi connectivity index (χ4v) is 1.63. The first kappa shape index (κ1) is 15.0. The Hall–Kier alpha value is -1.04. The molecule has 0 radical (unpaired) electrons. The first-order valence-corrected chi connectivity index (χ1v) is 5.81. The van der Waals surface area contributed by atoms with Crippen molar-refractivity contribution >= 4 is 17.4 Å². The van der Waals surface area contributed by atoms with E-state index in [9.17, 15) is 13.6 Å². The Morgan fingerprint density at radius 2 is 1.94 bits per heavy atom. The van der Waals surface area contributed by atoms with Crippen LogP contribution < -0.4 is 0 Å². The zero-order chi connectivity index (χ0) is 13.5. The Morgan fingerprint density at radius 3 is 2.44 bits per heavy atom. The highest BCUT2D eigenvalue weighted by Gasteiger charge is 2.16. The van der Waals surface area contributed by atoms with Gasteiger partial charge in [0.15, 0.2) is 5.78 Å². The number of aliphatic hydroxyl groups is 1. The molecule has 0 amide bonds. The standard InChI is InChI=1S/C12H14ClF2NO2/c13-10-3-1-9(2-4-10)11(18)7-16(5-6-17)8-12(14)15/h1-4,12,17H,5-8H2. The monoisotopic (exact) mass is 277 g/mol. The van der Waals surface area contributed by atoms with Gasteiger partial charge in [-0.15, -0.1) is 0 Å². The van der Waals surface area contributed by atoms with Gasteiger partial charge in [0, 0.05) is 17.1 Å². The summed E-state index contributed by atoms with van der Waals surface area (Å²) in [7, 11) is 0. The lowest BCUT2D eigenvalue weighted by Gasteiger charge is -2.19. The van der Waals surface area contributed by atoms with Crippen LogP contribution in [0.1, 0.15) is 10.4 Å². The maximum Gasteiger partial charge on any atom is 0.251 e. The third-order valence-corrected chi connectivity index (χ3v) is 2.60. The topological polar surface area (TPSA) is 40.5 Å². The summed E-state index contributed by atoms with van der Waals surface area (Å²) in [4.78, 5) is 13.0. The van der Waals surface area contributed by atoms with Crippen LogP contribution in [-0.2, 0) is 0 Å². The molecule has 0 saturated heterocycles. The summed E-state index contributed by atoms with van der Waals surface area (Å²) in [6.45, 7) is -0.892. The Balaban J connectivity index is 2.62. The molecule has 0 aliphatic carbocycles. The van der Waals surface area contributed by atoms with E-state index in [0.717, 1.165) is 0 Å². The number of nitrogens with zero attached hydrogens (tertiary/aromatic N) is 1.